The number of amides is 1. The van der Waals surface area contributed by atoms with Gasteiger partial charge in [0.2, 0.25) is 0 Å². The summed E-state index contributed by atoms with van der Waals surface area (Å²) in [6, 6.07) is 11.4. The topological polar surface area (TPSA) is 64.4 Å². The molecule has 0 N–H and O–H groups in total. The van der Waals surface area contributed by atoms with Crippen LogP contribution in [0.4, 0.5) is 4.79 Å². The highest BCUT2D eigenvalue weighted by Gasteiger charge is 2.27. The Balaban J connectivity index is 1.77. The van der Waals surface area contributed by atoms with Crippen molar-refractivity contribution in [2.45, 2.75) is 45.9 Å². The maximum absolute atomic E-state index is 12.4. The number of rotatable bonds is 2. The predicted molar refractivity (Wildman–Crippen MR) is 94.4 cm³/mol. The average molecular weight is 341 g/mol. The Bertz CT molecular complexity index is 822. The molecule has 0 saturated carbocycles. The molecular weight excluding hydrogens is 318 g/mol. The first-order chi connectivity index (χ1) is 11.8. The molecule has 2 heterocycles. The lowest BCUT2D eigenvalue weighted by Gasteiger charge is -2.30. The van der Waals surface area contributed by atoms with Crippen molar-refractivity contribution in [1.29, 1.82) is 0 Å². The van der Waals surface area contributed by atoms with Crippen LogP contribution < -0.4 is 5.56 Å². The lowest BCUT2D eigenvalue weighted by Crippen LogP contribution is -2.41. The van der Waals surface area contributed by atoms with Crippen LogP contribution in [0.2, 0.25) is 0 Å². The molecule has 132 valence electrons. The van der Waals surface area contributed by atoms with E-state index in [1.807, 2.05) is 51.1 Å². The van der Waals surface area contributed by atoms with E-state index in [2.05, 4.69) is 5.10 Å². The maximum atomic E-state index is 12.4. The number of carbonyl (C=O) groups excluding carboxylic acids is 1. The molecule has 0 saturated heterocycles. The molecule has 1 amide bonds. The van der Waals surface area contributed by atoms with Crippen molar-refractivity contribution in [3.63, 3.8) is 0 Å². The summed E-state index contributed by atoms with van der Waals surface area (Å²) in [6.07, 6.45) is 0.260. The number of carbonyl (C=O) groups is 1. The average Bonchev–Trinajstić information content (AvgIpc) is 2.54. The second kappa shape index (κ2) is 6.70. The SMILES string of the molecule is CC(C)(C)OC(=O)N1CCc2nn(Cc3ccccc3)c(=O)cc2C1. The van der Waals surface area contributed by atoms with E-state index in [-0.39, 0.29) is 11.7 Å². The van der Waals surface area contributed by atoms with E-state index in [1.54, 1.807) is 11.0 Å². The van der Waals surface area contributed by atoms with Crippen LogP contribution >= 0.6 is 0 Å². The Hall–Kier alpha value is -2.63. The normalized spacial score (nSPS) is 14.1. The molecule has 1 aliphatic rings. The lowest BCUT2D eigenvalue weighted by molar-refractivity contribution is 0.0222. The van der Waals surface area contributed by atoms with E-state index in [4.69, 9.17) is 4.74 Å². The number of hydrogen-bond acceptors (Lipinski definition) is 4. The molecule has 1 aliphatic heterocycles. The van der Waals surface area contributed by atoms with Gasteiger partial charge in [-0.25, -0.2) is 9.48 Å². The van der Waals surface area contributed by atoms with Crippen LogP contribution in [0.5, 0.6) is 0 Å². The Morgan fingerprint density at radius 2 is 1.96 bits per heavy atom. The second-order valence-electron chi connectivity index (χ2n) is 7.25. The first-order valence-corrected chi connectivity index (χ1v) is 8.43. The summed E-state index contributed by atoms with van der Waals surface area (Å²) < 4.78 is 6.89. The van der Waals surface area contributed by atoms with Gasteiger partial charge in [-0.1, -0.05) is 30.3 Å². The van der Waals surface area contributed by atoms with Gasteiger partial charge in [0.05, 0.1) is 18.8 Å². The van der Waals surface area contributed by atoms with Gasteiger partial charge in [-0.15, -0.1) is 0 Å². The van der Waals surface area contributed by atoms with E-state index in [9.17, 15) is 9.59 Å². The van der Waals surface area contributed by atoms with Gasteiger partial charge in [0.15, 0.2) is 0 Å². The highest BCUT2D eigenvalue weighted by molar-refractivity contribution is 5.68. The molecule has 0 fully saturated rings. The van der Waals surface area contributed by atoms with E-state index in [0.717, 1.165) is 16.8 Å². The molecule has 6 nitrogen and oxygen atoms in total. The molecule has 0 aliphatic carbocycles. The molecule has 0 spiro atoms. The molecule has 25 heavy (non-hydrogen) atoms. The molecule has 6 heteroatoms. The smallest absolute Gasteiger partial charge is 0.410 e. The fourth-order valence-electron chi connectivity index (χ4n) is 2.79. The Kier molecular flexibility index (Phi) is 4.61. The van der Waals surface area contributed by atoms with Crippen molar-refractivity contribution in [2.75, 3.05) is 6.54 Å². The lowest BCUT2D eigenvalue weighted by atomic mass is 10.1. The van der Waals surface area contributed by atoms with E-state index < -0.39 is 5.60 Å². The van der Waals surface area contributed by atoms with Gasteiger partial charge in [0, 0.05) is 24.6 Å². The zero-order valence-corrected chi connectivity index (χ0v) is 14.9. The fraction of sp³-hybridized carbons (Fsp3) is 0.421. The minimum atomic E-state index is -0.533. The van der Waals surface area contributed by atoms with Gasteiger partial charge in [0.1, 0.15) is 5.60 Å². The monoisotopic (exact) mass is 341 g/mol. The Labute approximate surface area is 147 Å². The number of ether oxygens (including phenoxy) is 1. The highest BCUT2D eigenvalue weighted by Crippen LogP contribution is 2.18. The van der Waals surface area contributed by atoms with Gasteiger partial charge in [-0.05, 0) is 26.3 Å². The molecule has 2 aromatic rings. The van der Waals surface area contributed by atoms with Crippen molar-refractivity contribution >= 4 is 6.09 Å². The maximum Gasteiger partial charge on any atom is 0.410 e. The number of benzene rings is 1. The number of nitrogens with zero attached hydrogens (tertiary/aromatic N) is 3. The first kappa shape index (κ1) is 17.2. The van der Waals surface area contributed by atoms with Gasteiger partial charge in [0.25, 0.3) is 5.56 Å². The fourth-order valence-corrected chi connectivity index (χ4v) is 2.79. The van der Waals surface area contributed by atoms with Crippen LogP contribution in [0, 0.1) is 0 Å². The van der Waals surface area contributed by atoms with Gasteiger partial charge >= 0.3 is 6.09 Å². The molecule has 1 aromatic carbocycles. The molecule has 0 bridgehead atoms. The van der Waals surface area contributed by atoms with Crippen LogP contribution in [0.25, 0.3) is 0 Å². The molecule has 0 atom stereocenters. The van der Waals surface area contributed by atoms with Crippen molar-refractivity contribution < 1.29 is 9.53 Å². The molecular formula is C19H23N3O3. The Morgan fingerprint density at radius 1 is 1.24 bits per heavy atom. The van der Waals surface area contributed by atoms with Crippen LogP contribution in [0.3, 0.4) is 0 Å². The molecule has 0 radical (unpaired) electrons. The summed E-state index contributed by atoms with van der Waals surface area (Å²) >= 11 is 0. The van der Waals surface area contributed by atoms with Crippen molar-refractivity contribution in [3.8, 4) is 0 Å². The predicted octanol–water partition coefficient (Wildman–Crippen LogP) is 2.58. The summed E-state index contributed by atoms with van der Waals surface area (Å²) in [5.74, 6) is 0. The zero-order valence-electron chi connectivity index (χ0n) is 14.9. The van der Waals surface area contributed by atoms with Gasteiger partial charge in [-0.2, -0.15) is 5.10 Å². The summed E-state index contributed by atoms with van der Waals surface area (Å²) in [4.78, 5) is 26.2. The summed E-state index contributed by atoms with van der Waals surface area (Å²) in [6.45, 7) is 6.87. The van der Waals surface area contributed by atoms with Crippen molar-refractivity contribution in [2.24, 2.45) is 0 Å². The van der Waals surface area contributed by atoms with E-state index in [1.165, 1.54) is 4.68 Å². The van der Waals surface area contributed by atoms with Gasteiger partial charge < -0.3 is 9.64 Å². The van der Waals surface area contributed by atoms with Gasteiger partial charge in [-0.3, -0.25) is 4.79 Å². The summed E-state index contributed by atoms with van der Waals surface area (Å²) in [7, 11) is 0. The summed E-state index contributed by atoms with van der Waals surface area (Å²) in [5, 5.41) is 4.50. The third kappa shape index (κ3) is 4.26. The van der Waals surface area contributed by atoms with Crippen molar-refractivity contribution in [3.05, 3.63) is 63.6 Å². The minimum absolute atomic E-state index is 0.159. The Morgan fingerprint density at radius 3 is 2.64 bits per heavy atom. The molecule has 3 rings (SSSR count). The van der Waals surface area contributed by atoms with E-state index >= 15 is 0 Å². The number of fused-ring (bicyclic) bond motifs is 1. The quantitative estimate of drug-likeness (QED) is 0.842. The highest BCUT2D eigenvalue weighted by atomic mass is 16.6. The van der Waals surface area contributed by atoms with Crippen LogP contribution in [0.1, 0.15) is 37.6 Å². The van der Waals surface area contributed by atoms with Crippen molar-refractivity contribution in [1.82, 2.24) is 14.7 Å². The first-order valence-electron chi connectivity index (χ1n) is 8.43. The standard InChI is InChI=1S/C19H23N3O3/c1-19(2,3)25-18(24)21-10-9-16-15(13-21)11-17(23)22(20-16)12-14-7-5-4-6-8-14/h4-8,11H,9-10,12-13H2,1-3H3. The third-order valence-corrected chi connectivity index (χ3v) is 3.97. The van der Waals surface area contributed by atoms with E-state index in [0.29, 0.717) is 26.1 Å². The van der Waals surface area contributed by atoms with Crippen LogP contribution in [-0.4, -0.2) is 32.9 Å². The largest absolute Gasteiger partial charge is 0.444 e. The minimum Gasteiger partial charge on any atom is -0.444 e. The third-order valence-electron chi connectivity index (χ3n) is 3.97. The van der Waals surface area contributed by atoms with Crippen LogP contribution in [-0.2, 0) is 24.2 Å². The molecule has 1 aromatic heterocycles. The zero-order chi connectivity index (χ0) is 18.0. The number of aromatic nitrogens is 2. The van der Waals surface area contributed by atoms with Crippen LogP contribution in [0.15, 0.2) is 41.2 Å². The number of hydrogen-bond donors (Lipinski definition) is 0. The second-order valence-corrected chi connectivity index (χ2v) is 7.25. The molecule has 0 unspecified atom stereocenters. The summed E-state index contributed by atoms with van der Waals surface area (Å²) in [5.41, 5.74) is 2.01.